The fraction of sp³-hybridized carbons (Fsp3) is 0.167. The zero-order valence-corrected chi connectivity index (χ0v) is 12.4. The monoisotopic (exact) mass is 279 g/mol. The summed E-state index contributed by atoms with van der Waals surface area (Å²) >= 11 is 1.72. The first-order valence-electron chi connectivity index (χ1n) is 6.93. The van der Waals surface area contributed by atoms with Crippen molar-refractivity contribution in [2.45, 2.75) is 19.8 Å². The van der Waals surface area contributed by atoms with Crippen LogP contribution in [0.2, 0.25) is 0 Å². The van der Waals surface area contributed by atoms with Crippen LogP contribution in [0, 0.1) is 0 Å². The summed E-state index contributed by atoms with van der Waals surface area (Å²) in [6.07, 6.45) is 1.99. The molecule has 0 unspecified atom stereocenters. The van der Waals surface area contributed by atoms with Crippen LogP contribution in [0.4, 0.5) is 0 Å². The maximum Gasteiger partial charge on any atom is 0.123 e. The van der Waals surface area contributed by atoms with Crippen LogP contribution in [0.3, 0.4) is 0 Å². The second-order valence-electron chi connectivity index (χ2n) is 4.86. The van der Waals surface area contributed by atoms with Crippen LogP contribution in [-0.4, -0.2) is 4.98 Å². The van der Waals surface area contributed by atoms with Crippen molar-refractivity contribution in [3.8, 4) is 10.6 Å². The van der Waals surface area contributed by atoms with E-state index in [1.165, 1.54) is 16.7 Å². The minimum Gasteiger partial charge on any atom is -0.241 e. The summed E-state index contributed by atoms with van der Waals surface area (Å²) in [5.74, 6) is 0. The third kappa shape index (κ3) is 2.97. The first-order chi connectivity index (χ1) is 9.85. The molecule has 2 heteroatoms. The van der Waals surface area contributed by atoms with Gasteiger partial charge in [0.05, 0.1) is 5.69 Å². The molecule has 0 saturated carbocycles. The van der Waals surface area contributed by atoms with Crippen molar-refractivity contribution >= 4 is 11.3 Å². The molecule has 0 atom stereocenters. The average Bonchev–Trinajstić information content (AvgIpc) is 2.97. The molecule has 0 aliphatic rings. The van der Waals surface area contributed by atoms with Gasteiger partial charge in [0.15, 0.2) is 0 Å². The summed E-state index contributed by atoms with van der Waals surface area (Å²) < 4.78 is 0. The van der Waals surface area contributed by atoms with E-state index in [-0.39, 0.29) is 0 Å². The number of aryl methyl sites for hydroxylation is 1. The topological polar surface area (TPSA) is 12.9 Å². The van der Waals surface area contributed by atoms with E-state index in [4.69, 9.17) is 4.98 Å². The molecule has 3 rings (SSSR count). The van der Waals surface area contributed by atoms with Gasteiger partial charge in [0.25, 0.3) is 0 Å². The van der Waals surface area contributed by atoms with Gasteiger partial charge in [-0.2, -0.15) is 0 Å². The zero-order valence-electron chi connectivity index (χ0n) is 11.5. The number of hydrogen-bond donors (Lipinski definition) is 0. The maximum atomic E-state index is 4.75. The number of benzene rings is 2. The highest BCUT2D eigenvalue weighted by Crippen LogP contribution is 2.25. The van der Waals surface area contributed by atoms with Crippen LogP contribution in [0.15, 0.2) is 60.0 Å². The lowest BCUT2D eigenvalue weighted by Gasteiger charge is -1.99. The lowest BCUT2D eigenvalue weighted by atomic mass is 10.1. The Kier molecular flexibility index (Phi) is 3.93. The molecule has 0 bridgehead atoms. The van der Waals surface area contributed by atoms with Crippen LogP contribution in [0.5, 0.6) is 0 Å². The first kappa shape index (κ1) is 13.1. The van der Waals surface area contributed by atoms with Gasteiger partial charge in [-0.05, 0) is 17.5 Å². The summed E-state index contributed by atoms with van der Waals surface area (Å²) in [7, 11) is 0. The van der Waals surface area contributed by atoms with Gasteiger partial charge in [0, 0.05) is 17.4 Å². The number of thiazole rings is 1. The fourth-order valence-corrected chi connectivity index (χ4v) is 3.03. The van der Waals surface area contributed by atoms with Crippen molar-refractivity contribution in [2.24, 2.45) is 0 Å². The Morgan fingerprint density at radius 1 is 0.900 bits per heavy atom. The molecule has 0 radical (unpaired) electrons. The fourth-order valence-electron chi connectivity index (χ4n) is 2.21. The van der Waals surface area contributed by atoms with Crippen molar-refractivity contribution in [1.29, 1.82) is 0 Å². The standard InChI is InChI=1S/C18H17NS/c1-2-14-8-10-16(11-9-14)18-19-17(13-20-18)12-15-6-4-3-5-7-15/h3-11,13H,2,12H2,1H3. The molecule has 1 aromatic heterocycles. The van der Waals surface area contributed by atoms with E-state index in [0.717, 1.165) is 23.5 Å². The van der Waals surface area contributed by atoms with Gasteiger partial charge in [-0.1, -0.05) is 61.5 Å². The van der Waals surface area contributed by atoms with Gasteiger partial charge in [-0.25, -0.2) is 4.98 Å². The van der Waals surface area contributed by atoms with Crippen LogP contribution < -0.4 is 0 Å². The van der Waals surface area contributed by atoms with Crippen LogP contribution in [0.1, 0.15) is 23.7 Å². The molecule has 0 N–H and O–H groups in total. The smallest absolute Gasteiger partial charge is 0.123 e. The molecule has 0 amide bonds. The zero-order chi connectivity index (χ0) is 13.8. The van der Waals surface area contributed by atoms with Crippen LogP contribution in [-0.2, 0) is 12.8 Å². The number of nitrogens with zero attached hydrogens (tertiary/aromatic N) is 1. The van der Waals surface area contributed by atoms with E-state index in [2.05, 4.69) is 60.8 Å². The highest BCUT2D eigenvalue weighted by atomic mass is 32.1. The van der Waals surface area contributed by atoms with E-state index in [1.54, 1.807) is 11.3 Å². The van der Waals surface area contributed by atoms with Gasteiger partial charge >= 0.3 is 0 Å². The van der Waals surface area contributed by atoms with E-state index >= 15 is 0 Å². The molecular formula is C18H17NS. The SMILES string of the molecule is CCc1ccc(-c2nc(Cc3ccccc3)cs2)cc1. The summed E-state index contributed by atoms with van der Waals surface area (Å²) in [6.45, 7) is 2.18. The molecule has 2 aromatic carbocycles. The Balaban J connectivity index is 1.79. The molecule has 0 aliphatic heterocycles. The van der Waals surface area contributed by atoms with E-state index in [9.17, 15) is 0 Å². The Hall–Kier alpha value is -1.93. The molecule has 0 saturated heterocycles. The minimum atomic E-state index is 0.907. The molecule has 1 nitrogen and oxygen atoms in total. The minimum absolute atomic E-state index is 0.907. The highest BCUT2D eigenvalue weighted by molar-refractivity contribution is 7.13. The normalized spacial score (nSPS) is 10.7. The molecule has 0 aliphatic carbocycles. The second-order valence-corrected chi connectivity index (χ2v) is 5.71. The molecule has 20 heavy (non-hydrogen) atoms. The Morgan fingerprint density at radius 3 is 2.35 bits per heavy atom. The molecule has 100 valence electrons. The Morgan fingerprint density at radius 2 is 1.65 bits per heavy atom. The summed E-state index contributed by atoms with van der Waals surface area (Å²) in [5.41, 5.74) is 5.04. The van der Waals surface area contributed by atoms with E-state index < -0.39 is 0 Å². The van der Waals surface area contributed by atoms with Gasteiger partial charge in [0.1, 0.15) is 5.01 Å². The van der Waals surface area contributed by atoms with Gasteiger partial charge in [0.2, 0.25) is 0 Å². The van der Waals surface area contributed by atoms with Crippen molar-refractivity contribution in [1.82, 2.24) is 4.98 Å². The third-order valence-corrected chi connectivity index (χ3v) is 4.33. The highest BCUT2D eigenvalue weighted by Gasteiger charge is 2.05. The van der Waals surface area contributed by atoms with Crippen molar-refractivity contribution < 1.29 is 0 Å². The van der Waals surface area contributed by atoms with Crippen molar-refractivity contribution in [2.75, 3.05) is 0 Å². The van der Waals surface area contributed by atoms with Crippen molar-refractivity contribution in [3.63, 3.8) is 0 Å². The predicted molar refractivity (Wildman–Crippen MR) is 86.2 cm³/mol. The maximum absolute atomic E-state index is 4.75. The summed E-state index contributed by atoms with van der Waals surface area (Å²) in [6, 6.07) is 19.2. The third-order valence-electron chi connectivity index (χ3n) is 3.39. The van der Waals surface area contributed by atoms with Gasteiger partial charge in [-0.3, -0.25) is 0 Å². The molecule has 1 heterocycles. The second kappa shape index (κ2) is 6.02. The lowest BCUT2D eigenvalue weighted by Crippen LogP contribution is -1.88. The summed E-state index contributed by atoms with van der Waals surface area (Å²) in [5, 5.41) is 3.27. The number of hydrogen-bond acceptors (Lipinski definition) is 2. The predicted octanol–water partition coefficient (Wildman–Crippen LogP) is 4.96. The van der Waals surface area contributed by atoms with E-state index in [0.29, 0.717) is 0 Å². The quantitative estimate of drug-likeness (QED) is 0.657. The van der Waals surface area contributed by atoms with Gasteiger partial charge in [-0.15, -0.1) is 11.3 Å². The van der Waals surface area contributed by atoms with Crippen molar-refractivity contribution in [3.05, 3.63) is 76.8 Å². The number of rotatable bonds is 4. The first-order valence-corrected chi connectivity index (χ1v) is 7.81. The molecule has 0 spiro atoms. The van der Waals surface area contributed by atoms with Gasteiger partial charge < -0.3 is 0 Å². The lowest BCUT2D eigenvalue weighted by molar-refractivity contribution is 1.11. The number of aromatic nitrogens is 1. The van der Waals surface area contributed by atoms with E-state index in [1.807, 2.05) is 6.07 Å². The summed E-state index contributed by atoms with van der Waals surface area (Å²) in [4.78, 5) is 4.75. The Bertz CT molecular complexity index is 668. The Labute approximate surface area is 124 Å². The van der Waals surface area contributed by atoms with Crippen LogP contribution in [0.25, 0.3) is 10.6 Å². The molecule has 0 fully saturated rings. The van der Waals surface area contributed by atoms with Crippen LogP contribution >= 0.6 is 11.3 Å². The average molecular weight is 279 g/mol. The largest absolute Gasteiger partial charge is 0.241 e. The molecule has 3 aromatic rings. The molecular weight excluding hydrogens is 262 g/mol.